The van der Waals surface area contributed by atoms with Gasteiger partial charge in [0, 0.05) is 18.6 Å². The number of hydrogen-bond acceptors (Lipinski definition) is 2. The number of benzene rings is 1. The van der Waals surface area contributed by atoms with Crippen LogP contribution in [0.25, 0.3) is 0 Å². The Morgan fingerprint density at radius 3 is 2.75 bits per heavy atom. The van der Waals surface area contributed by atoms with Crippen molar-refractivity contribution in [2.45, 2.75) is 18.8 Å². The minimum atomic E-state index is 0.447. The van der Waals surface area contributed by atoms with E-state index in [0.29, 0.717) is 12.5 Å². The number of rotatable bonds is 2. The molecule has 0 saturated heterocycles. The molecule has 1 atom stereocenters. The van der Waals surface area contributed by atoms with Crippen LogP contribution in [0.4, 0.5) is 5.69 Å². The van der Waals surface area contributed by atoms with Gasteiger partial charge in [-0.15, -0.1) is 0 Å². The third-order valence-corrected chi connectivity index (χ3v) is 3.87. The van der Waals surface area contributed by atoms with Gasteiger partial charge in [-0.05, 0) is 43.0 Å². The fraction of sp³-hybridized carbons (Fsp3) is 0.500. The van der Waals surface area contributed by atoms with Crippen LogP contribution in [0.2, 0.25) is 10.0 Å². The molecule has 0 amide bonds. The average Bonchev–Trinajstić information content (AvgIpc) is 2.26. The highest BCUT2D eigenvalue weighted by Gasteiger charge is 2.26. The normalized spacial score (nSPS) is 19.8. The topological polar surface area (TPSA) is 29.3 Å². The molecule has 0 spiro atoms. The Morgan fingerprint density at radius 2 is 2.06 bits per heavy atom. The largest absolute Gasteiger partial charge is 0.373 e. The minimum Gasteiger partial charge on any atom is -0.373 e. The van der Waals surface area contributed by atoms with E-state index in [1.807, 2.05) is 12.1 Å². The Kier molecular flexibility index (Phi) is 3.63. The van der Waals surface area contributed by atoms with Gasteiger partial charge in [0.05, 0.1) is 10.7 Å². The van der Waals surface area contributed by atoms with Crippen LogP contribution in [-0.4, -0.2) is 20.1 Å². The minimum absolute atomic E-state index is 0.447. The highest BCUT2D eigenvalue weighted by molar-refractivity contribution is 6.36. The Hall–Kier alpha value is -0.440. The lowest BCUT2D eigenvalue weighted by atomic mass is 9.87. The van der Waals surface area contributed by atoms with Crippen LogP contribution in [0.1, 0.15) is 24.3 Å². The molecule has 88 valence electrons. The lowest BCUT2D eigenvalue weighted by Crippen LogP contribution is -2.28. The van der Waals surface area contributed by atoms with E-state index in [0.717, 1.165) is 35.1 Å². The highest BCUT2D eigenvalue weighted by Crippen LogP contribution is 2.44. The van der Waals surface area contributed by atoms with E-state index in [2.05, 4.69) is 11.9 Å². The Morgan fingerprint density at radius 1 is 1.38 bits per heavy atom. The van der Waals surface area contributed by atoms with Crippen LogP contribution >= 0.6 is 23.2 Å². The molecule has 0 bridgehead atoms. The van der Waals surface area contributed by atoms with Crippen molar-refractivity contribution >= 4 is 28.9 Å². The zero-order valence-corrected chi connectivity index (χ0v) is 10.9. The first-order valence-electron chi connectivity index (χ1n) is 5.54. The standard InChI is InChI=1S/C12H16Cl2N2/c1-16-7-5-8(4-6-15)11-9(13)2-3-10(14)12(11)16/h2-3,8H,4-7,15H2,1H3. The van der Waals surface area contributed by atoms with Crippen LogP contribution < -0.4 is 10.6 Å². The molecule has 0 fully saturated rings. The molecule has 4 heteroatoms. The maximum Gasteiger partial charge on any atom is 0.0643 e. The molecule has 1 aromatic carbocycles. The van der Waals surface area contributed by atoms with Gasteiger partial charge >= 0.3 is 0 Å². The van der Waals surface area contributed by atoms with E-state index in [1.165, 1.54) is 5.56 Å². The zero-order valence-electron chi connectivity index (χ0n) is 9.34. The van der Waals surface area contributed by atoms with Gasteiger partial charge in [-0.2, -0.15) is 0 Å². The van der Waals surface area contributed by atoms with E-state index in [-0.39, 0.29) is 0 Å². The van der Waals surface area contributed by atoms with Crippen molar-refractivity contribution in [2.75, 3.05) is 25.0 Å². The van der Waals surface area contributed by atoms with Crippen molar-refractivity contribution in [3.63, 3.8) is 0 Å². The summed E-state index contributed by atoms with van der Waals surface area (Å²) in [6.45, 7) is 1.70. The quantitative estimate of drug-likeness (QED) is 0.883. The summed E-state index contributed by atoms with van der Waals surface area (Å²) in [6.07, 6.45) is 2.07. The second-order valence-electron chi connectivity index (χ2n) is 4.28. The first-order chi connectivity index (χ1) is 7.65. The summed E-state index contributed by atoms with van der Waals surface area (Å²) in [4.78, 5) is 2.18. The molecular formula is C12H16Cl2N2. The van der Waals surface area contributed by atoms with Crippen molar-refractivity contribution in [1.29, 1.82) is 0 Å². The molecule has 2 nitrogen and oxygen atoms in total. The second kappa shape index (κ2) is 4.82. The van der Waals surface area contributed by atoms with Crippen molar-refractivity contribution in [3.05, 3.63) is 27.7 Å². The van der Waals surface area contributed by atoms with Gasteiger partial charge in [-0.1, -0.05) is 23.2 Å². The van der Waals surface area contributed by atoms with Crippen LogP contribution in [0, 0.1) is 0 Å². The molecule has 1 aliphatic rings. The van der Waals surface area contributed by atoms with Gasteiger partial charge in [-0.3, -0.25) is 0 Å². The molecule has 1 aromatic rings. The smallest absolute Gasteiger partial charge is 0.0643 e. The van der Waals surface area contributed by atoms with E-state index < -0.39 is 0 Å². The first-order valence-corrected chi connectivity index (χ1v) is 6.30. The number of anilines is 1. The number of halogens is 2. The first kappa shape index (κ1) is 12.0. The van der Waals surface area contributed by atoms with Crippen LogP contribution in [0.3, 0.4) is 0 Å². The molecule has 16 heavy (non-hydrogen) atoms. The summed E-state index contributed by atoms with van der Waals surface area (Å²) in [7, 11) is 2.06. The van der Waals surface area contributed by atoms with Crippen molar-refractivity contribution in [3.8, 4) is 0 Å². The number of nitrogens with two attached hydrogens (primary N) is 1. The molecule has 1 unspecified atom stereocenters. The van der Waals surface area contributed by atoms with Crippen molar-refractivity contribution in [1.82, 2.24) is 0 Å². The summed E-state index contributed by atoms with van der Waals surface area (Å²) in [6, 6.07) is 3.75. The number of fused-ring (bicyclic) bond motifs is 1. The summed E-state index contributed by atoms with van der Waals surface area (Å²) in [5, 5.41) is 1.59. The molecular weight excluding hydrogens is 243 g/mol. The van der Waals surface area contributed by atoms with E-state index in [4.69, 9.17) is 28.9 Å². The summed E-state index contributed by atoms with van der Waals surface area (Å²) in [5.74, 6) is 0.447. The zero-order chi connectivity index (χ0) is 11.7. The highest BCUT2D eigenvalue weighted by atomic mass is 35.5. The van der Waals surface area contributed by atoms with Crippen molar-refractivity contribution in [2.24, 2.45) is 5.73 Å². The fourth-order valence-electron chi connectivity index (χ4n) is 2.43. The molecule has 1 aliphatic heterocycles. The van der Waals surface area contributed by atoms with E-state index in [1.54, 1.807) is 0 Å². The lowest BCUT2D eigenvalue weighted by molar-refractivity contribution is 0.560. The third-order valence-electron chi connectivity index (χ3n) is 3.23. The molecule has 2 N–H and O–H groups in total. The molecule has 0 aromatic heterocycles. The summed E-state index contributed by atoms with van der Waals surface area (Å²) < 4.78 is 0. The van der Waals surface area contributed by atoms with Gasteiger partial charge in [0.1, 0.15) is 0 Å². The Labute approximate surface area is 106 Å². The molecule has 0 radical (unpaired) electrons. The van der Waals surface area contributed by atoms with Gasteiger partial charge in [-0.25, -0.2) is 0 Å². The molecule has 1 heterocycles. The van der Waals surface area contributed by atoms with Gasteiger partial charge in [0.25, 0.3) is 0 Å². The maximum absolute atomic E-state index is 6.28. The fourth-order valence-corrected chi connectivity index (χ4v) is 3.04. The molecule has 0 saturated carbocycles. The van der Waals surface area contributed by atoms with Crippen LogP contribution in [0.15, 0.2) is 12.1 Å². The lowest BCUT2D eigenvalue weighted by Gasteiger charge is -2.34. The van der Waals surface area contributed by atoms with Gasteiger partial charge in [0.2, 0.25) is 0 Å². The number of nitrogens with zero attached hydrogens (tertiary/aromatic N) is 1. The predicted octanol–water partition coefficient (Wildman–Crippen LogP) is 3.27. The molecule has 0 aliphatic carbocycles. The van der Waals surface area contributed by atoms with Crippen molar-refractivity contribution < 1.29 is 0 Å². The van der Waals surface area contributed by atoms with E-state index in [9.17, 15) is 0 Å². The van der Waals surface area contributed by atoms with Crippen LogP contribution in [-0.2, 0) is 0 Å². The third kappa shape index (κ3) is 2.02. The monoisotopic (exact) mass is 258 g/mol. The predicted molar refractivity (Wildman–Crippen MR) is 70.8 cm³/mol. The summed E-state index contributed by atoms with van der Waals surface area (Å²) in [5.41, 5.74) is 7.91. The average molecular weight is 259 g/mol. The van der Waals surface area contributed by atoms with Crippen LogP contribution in [0.5, 0.6) is 0 Å². The van der Waals surface area contributed by atoms with E-state index >= 15 is 0 Å². The maximum atomic E-state index is 6.28. The Bertz CT molecular complexity index is 393. The molecule has 2 rings (SSSR count). The second-order valence-corrected chi connectivity index (χ2v) is 5.09. The Balaban J connectivity index is 2.51. The van der Waals surface area contributed by atoms with Gasteiger partial charge < -0.3 is 10.6 Å². The number of hydrogen-bond donors (Lipinski definition) is 1. The summed E-state index contributed by atoms with van der Waals surface area (Å²) >= 11 is 12.5. The van der Waals surface area contributed by atoms with Gasteiger partial charge in [0.15, 0.2) is 0 Å². The SMILES string of the molecule is CN1CCC(CCN)c2c(Cl)ccc(Cl)c21.